The smallest absolute Gasteiger partial charge is 0.417 e. The molecule has 4 heterocycles. The Balaban J connectivity index is 1.18. The molecule has 1 aliphatic carbocycles. The largest absolute Gasteiger partial charge is 0.477 e. The van der Waals surface area contributed by atoms with E-state index in [0.717, 1.165) is 30.0 Å². The van der Waals surface area contributed by atoms with E-state index >= 15 is 0 Å². The Morgan fingerprint density at radius 1 is 1.06 bits per heavy atom. The zero-order chi connectivity index (χ0) is 21.8. The van der Waals surface area contributed by atoms with E-state index in [1.807, 2.05) is 4.90 Å². The molecule has 0 radical (unpaired) electrons. The van der Waals surface area contributed by atoms with Crippen LogP contribution in [0.1, 0.15) is 5.56 Å². The zero-order valence-electron chi connectivity index (χ0n) is 16.0. The van der Waals surface area contributed by atoms with E-state index in [4.69, 9.17) is 4.74 Å². The van der Waals surface area contributed by atoms with Gasteiger partial charge < -0.3 is 9.64 Å². The summed E-state index contributed by atoms with van der Waals surface area (Å²) in [6.45, 7) is 1.29. The fourth-order valence-electron chi connectivity index (χ4n) is 4.16. The van der Waals surface area contributed by atoms with Crippen molar-refractivity contribution in [3.8, 4) is 5.88 Å². The summed E-state index contributed by atoms with van der Waals surface area (Å²) in [5.74, 6) is 1.82. The Morgan fingerprint density at radius 3 is 2.48 bits per heavy atom. The molecular formula is C19H17F5N6O. The molecule has 1 saturated heterocycles. The molecule has 2 fully saturated rings. The van der Waals surface area contributed by atoms with Crippen molar-refractivity contribution < 1.29 is 26.7 Å². The molecule has 31 heavy (non-hydrogen) atoms. The van der Waals surface area contributed by atoms with Crippen molar-refractivity contribution in [2.24, 2.45) is 17.8 Å². The van der Waals surface area contributed by atoms with Crippen LogP contribution in [0.3, 0.4) is 0 Å². The first-order chi connectivity index (χ1) is 14.8. The van der Waals surface area contributed by atoms with Gasteiger partial charge in [-0.3, -0.25) is 0 Å². The van der Waals surface area contributed by atoms with Gasteiger partial charge in [-0.1, -0.05) is 0 Å². The van der Waals surface area contributed by atoms with Gasteiger partial charge >= 0.3 is 6.18 Å². The number of nitrogens with zero attached hydrogens (tertiary/aromatic N) is 6. The number of hydrogen-bond donors (Lipinski definition) is 0. The second kappa shape index (κ2) is 7.27. The normalized spacial score (nSPS) is 22.9. The minimum atomic E-state index is -4.43. The Bertz CT molecular complexity index is 1070. The third kappa shape index (κ3) is 3.86. The van der Waals surface area contributed by atoms with Crippen LogP contribution in [-0.2, 0) is 12.7 Å². The van der Waals surface area contributed by atoms with E-state index in [0.29, 0.717) is 41.3 Å². The maximum absolute atomic E-state index is 12.7. The highest BCUT2D eigenvalue weighted by Gasteiger charge is 2.56. The second-order valence-corrected chi connectivity index (χ2v) is 7.75. The number of piperidine rings is 1. The Hall–Kier alpha value is -3.05. The maximum Gasteiger partial charge on any atom is 0.417 e. The number of pyridine rings is 1. The van der Waals surface area contributed by atoms with Crippen LogP contribution in [0.15, 0.2) is 30.7 Å². The second-order valence-electron chi connectivity index (χ2n) is 7.75. The molecule has 2 aliphatic rings. The van der Waals surface area contributed by atoms with Crippen LogP contribution in [0.2, 0.25) is 0 Å². The predicted molar refractivity (Wildman–Crippen MR) is 98.7 cm³/mol. The third-order valence-corrected chi connectivity index (χ3v) is 5.83. The SMILES string of the molecule is FC(F)Cn1ncc2ncc(N3C[C@@H]4C(COc5ccc(C(F)(F)F)cn5)[C@@H]4C3)nc21. The number of ether oxygens (including phenoxy) is 1. The number of aromatic nitrogens is 5. The van der Waals surface area contributed by atoms with Crippen LogP contribution < -0.4 is 9.64 Å². The van der Waals surface area contributed by atoms with Gasteiger partial charge in [-0.05, 0) is 17.9 Å². The summed E-state index contributed by atoms with van der Waals surface area (Å²) in [4.78, 5) is 14.5. The first kappa shape index (κ1) is 19.9. The van der Waals surface area contributed by atoms with E-state index < -0.39 is 24.7 Å². The van der Waals surface area contributed by atoms with Gasteiger partial charge in [0.25, 0.3) is 6.43 Å². The molecule has 7 nitrogen and oxygen atoms in total. The molecule has 0 bridgehead atoms. The highest BCUT2D eigenvalue weighted by molar-refractivity contribution is 5.71. The third-order valence-electron chi connectivity index (χ3n) is 5.83. The molecule has 5 rings (SSSR count). The van der Waals surface area contributed by atoms with Gasteiger partial charge in [0, 0.05) is 31.3 Å². The van der Waals surface area contributed by atoms with Crippen LogP contribution in [0.5, 0.6) is 5.88 Å². The zero-order valence-corrected chi connectivity index (χ0v) is 16.0. The highest BCUT2D eigenvalue weighted by atomic mass is 19.4. The first-order valence-electron chi connectivity index (χ1n) is 9.67. The van der Waals surface area contributed by atoms with Crippen molar-refractivity contribution >= 4 is 17.0 Å². The van der Waals surface area contributed by atoms with Crippen molar-refractivity contribution in [2.45, 2.75) is 19.1 Å². The molecule has 164 valence electrons. The lowest BCUT2D eigenvalue weighted by Crippen LogP contribution is -2.26. The molecule has 0 aromatic carbocycles. The van der Waals surface area contributed by atoms with E-state index in [9.17, 15) is 22.0 Å². The number of halogens is 5. The predicted octanol–water partition coefficient (Wildman–Crippen LogP) is 3.27. The lowest BCUT2D eigenvalue weighted by atomic mass is 10.2. The van der Waals surface area contributed by atoms with Gasteiger partial charge in [-0.2, -0.15) is 18.3 Å². The number of rotatable bonds is 6. The maximum atomic E-state index is 12.7. The summed E-state index contributed by atoms with van der Waals surface area (Å²) in [5.41, 5.74) is -0.0255. The summed E-state index contributed by atoms with van der Waals surface area (Å²) in [7, 11) is 0. The summed E-state index contributed by atoms with van der Waals surface area (Å²) < 4.78 is 69.9. The van der Waals surface area contributed by atoms with Crippen molar-refractivity contribution in [1.29, 1.82) is 0 Å². The summed E-state index contributed by atoms with van der Waals surface area (Å²) in [6.07, 6.45) is -3.17. The average molecular weight is 440 g/mol. The quantitative estimate of drug-likeness (QED) is 0.548. The summed E-state index contributed by atoms with van der Waals surface area (Å²) in [6, 6.07) is 2.17. The lowest BCUT2D eigenvalue weighted by molar-refractivity contribution is -0.137. The van der Waals surface area contributed by atoms with Crippen LogP contribution in [0, 0.1) is 17.8 Å². The topological polar surface area (TPSA) is 69.0 Å². The van der Waals surface area contributed by atoms with Gasteiger partial charge in [0.05, 0.1) is 24.6 Å². The van der Waals surface area contributed by atoms with Gasteiger partial charge in [0.1, 0.15) is 17.9 Å². The van der Waals surface area contributed by atoms with Crippen LogP contribution in [0.25, 0.3) is 11.2 Å². The minimum absolute atomic E-state index is 0.165. The van der Waals surface area contributed by atoms with Crippen molar-refractivity contribution in [3.63, 3.8) is 0 Å². The number of hydrogen-bond acceptors (Lipinski definition) is 6. The minimum Gasteiger partial charge on any atom is -0.477 e. The monoisotopic (exact) mass is 440 g/mol. The molecule has 12 heteroatoms. The average Bonchev–Trinajstić information content (AvgIpc) is 3.04. The van der Waals surface area contributed by atoms with Gasteiger partial charge in [-0.25, -0.2) is 28.4 Å². The van der Waals surface area contributed by atoms with E-state index in [1.165, 1.54) is 12.3 Å². The van der Waals surface area contributed by atoms with Crippen molar-refractivity contribution in [3.05, 3.63) is 36.3 Å². The summed E-state index contributed by atoms with van der Waals surface area (Å²) in [5, 5.41) is 3.92. The van der Waals surface area contributed by atoms with E-state index in [-0.39, 0.29) is 5.88 Å². The Kier molecular flexibility index (Phi) is 4.67. The molecule has 0 amide bonds. The lowest BCUT2D eigenvalue weighted by Gasteiger charge is -2.20. The molecule has 3 atom stereocenters. The number of anilines is 1. The Labute approximate surface area is 172 Å². The van der Waals surface area contributed by atoms with Gasteiger partial charge in [0.15, 0.2) is 5.65 Å². The fourth-order valence-corrected chi connectivity index (χ4v) is 4.16. The number of fused-ring (bicyclic) bond motifs is 2. The van der Waals surface area contributed by atoms with Crippen LogP contribution in [-0.4, -0.2) is 50.9 Å². The van der Waals surface area contributed by atoms with Gasteiger partial charge in [0.2, 0.25) is 5.88 Å². The molecule has 3 aromatic heterocycles. The molecule has 0 spiro atoms. The molecule has 1 aliphatic heterocycles. The van der Waals surface area contributed by atoms with E-state index in [2.05, 4.69) is 20.1 Å². The first-order valence-corrected chi connectivity index (χ1v) is 9.67. The number of alkyl halides is 5. The standard InChI is InChI=1S/C19H17F5N6O/c20-15(21)8-30-18-14(4-27-30)25-5-16(28-18)29-6-11-12(7-29)13(11)9-31-17-2-1-10(3-26-17)19(22,23)24/h1-5,11-13,15H,6-9H2/t11-,12+,13?. The fraction of sp³-hybridized carbons (Fsp3) is 0.474. The molecular weight excluding hydrogens is 423 g/mol. The molecule has 1 saturated carbocycles. The highest BCUT2D eigenvalue weighted by Crippen LogP contribution is 2.52. The van der Waals surface area contributed by atoms with Crippen molar-refractivity contribution in [1.82, 2.24) is 24.7 Å². The molecule has 0 N–H and O–H groups in total. The molecule has 1 unspecified atom stereocenters. The molecule has 3 aromatic rings. The van der Waals surface area contributed by atoms with Crippen LogP contribution >= 0.6 is 0 Å². The van der Waals surface area contributed by atoms with Crippen molar-refractivity contribution in [2.75, 3.05) is 24.6 Å². The summed E-state index contributed by atoms with van der Waals surface area (Å²) >= 11 is 0. The Morgan fingerprint density at radius 2 is 1.84 bits per heavy atom. The van der Waals surface area contributed by atoms with Crippen LogP contribution in [0.4, 0.5) is 27.8 Å². The van der Waals surface area contributed by atoms with Gasteiger partial charge in [-0.15, -0.1) is 0 Å². The van der Waals surface area contributed by atoms with E-state index in [1.54, 1.807) is 6.20 Å².